The van der Waals surface area contributed by atoms with Gasteiger partial charge in [0.1, 0.15) is 5.75 Å². The third-order valence-electron chi connectivity index (χ3n) is 4.44. The van der Waals surface area contributed by atoms with Crippen molar-refractivity contribution in [2.75, 3.05) is 18.5 Å². The molecular formula is C24H30N2O4S. The zero-order valence-electron chi connectivity index (χ0n) is 18.5. The Kier molecular flexibility index (Phi) is 9.00. The number of benzene rings is 2. The maximum atomic E-state index is 12.1. The SMILES string of the molecule is CCOC(=O)c1ccc(NC(=S)NC(=O)CCCOc2ccc(C(C)(C)C)cc2)cc1. The average Bonchev–Trinajstić information content (AvgIpc) is 2.71. The first kappa shape index (κ1) is 24.3. The van der Waals surface area contributed by atoms with Crippen molar-refractivity contribution in [2.45, 2.75) is 46.0 Å². The highest BCUT2D eigenvalue weighted by Gasteiger charge is 2.13. The second-order valence-corrected chi connectivity index (χ2v) is 8.43. The number of anilines is 1. The Hall–Kier alpha value is -2.93. The fourth-order valence-electron chi connectivity index (χ4n) is 2.73. The minimum Gasteiger partial charge on any atom is -0.494 e. The van der Waals surface area contributed by atoms with Crippen LogP contribution in [0.5, 0.6) is 5.75 Å². The van der Waals surface area contributed by atoms with Crippen molar-refractivity contribution in [3.8, 4) is 5.75 Å². The second-order valence-electron chi connectivity index (χ2n) is 8.03. The van der Waals surface area contributed by atoms with E-state index >= 15 is 0 Å². The summed E-state index contributed by atoms with van der Waals surface area (Å²) in [5.74, 6) is 0.224. The summed E-state index contributed by atoms with van der Waals surface area (Å²) in [6.45, 7) is 9.02. The normalized spacial score (nSPS) is 10.8. The molecule has 0 bridgehead atoms. The zero-order valence-corrected chi connectivity index (χ0v) is 19.3. The van der Waals surface area contributed by atoms with E-state index in [0.29, 0.717) is 37.3 Å². The minimum absolute atomic E-state index is 0.103. The van der Waals surface area contributed by atoms with Gasteiger partial charge in [-0.25, -0.2) is 4.79 Å². The van der Waals surface area contributed by atoms with Gasteiger partial charge in [0, 0.05) is 12.1 Å². The molecule has 0 saturated carbocycles. The lowest BCUT2D eigenvalue weighted by molar-refractivity contribution is -0.119. The van der Waals surface area contributed by atoms with E-state index in [1.807, 2.05) is 12.1 Å². The Morgan fingerprint density at radius 3 is 2.23 bits per heavy atom. The lowest BCUT2D eigenvalue weighted by Crippen LogP contribution is -2.34. The molecule has 0 radical (unpaired) electrons. The van der Waals surface area contributed by atoms with Gasteiger partial charge in [-0.05, 0) is 72.9 Å². The molecule has 7 heteroatoms. The van der Waals surface area contributed by atoms with Crippen molar-refractivity contribution in [3.63, 3.8) is 0 Å². The van der Waals surface area contributed by atoms with Gasteiger partial charge in [0.05, 0.1) is 18.8 Å². The van der Waals surface area contributed by atoms with Gasteiger partial charge in [0.2, 0.25) is 5.91 Å². The van der Waals surface area contributed by atoms with Gasteiger partial charge in [0.15, 0.2) is 5.11 Å². The first-order valence-corrected chi connectivity index (χ1v) is 10.7. The van der Waals surface area contributed by atoms with Crippen molar-refractivity contribution in [2.24, 2.45) is 0 Å². The average molecular weight is 443 g/mol. The summed E-state index contributed by atoms with van der Waals surface area (Å²) in [6.07, 6.45) is 0.868. The van der Waals surface area contributed by atoms with Crippen molar-refractivity contribution in [1.29, 1.82) is 0 Å². The van der Waals surface area contributed by atoms with Gasteiger partial charge in [-0.15, -0.1) is 0 Å². The van der Waals surface area contributed by atoms with E-state index in [2.05, 4.69) is 43.5 Å². The van der Waals surface area contributed by atoms with Crippen LogP contribution in [0.4, 0.5) is 5.69 Å². The third-order valence-corrected chi connectivity index (χ3v) is 4.65. The van der Waals surface area contributed by atoms with Gasteiger partial charge in [-0.3, -0.25) is 4.79 Å². The van der Waals surface area contributed by atoms with Crippen LogP contribution in [0.1, 0.15) is 56.5 Å². The number of carbonyl (C=O) groups is 2. The smallest absolute Gasteiger partial charge is 0.338 e. The monoisotopic (exact) mass is 442 g/mol. The number of nitrogens with one attached hydrogen (secondary N) is 2. The molecule has 2 rings (SSSR count). The van der Waals surface area contributed by atoms with Crippen LogP contribution < -0.4 is 15.4 Å². The largest absolute Gasteiger partial charge is 0.494 e. The van der Waals surface area contributed by atoms with Crippen molar-refractivity contribution < 1.29 is 19.1 Å². The summed E-state index contributed by atoms with van der Waals surface area (Å²) in [7, 11) is 0. The van der Waals surface area contributed by atoms with Crippen molar-refractivity contribution >= 4 is 34.9 Å². The van der Waals surface area contributed by atoms with Crippen LogP contribution in [-0.2, 0) is 14.9 Å². The fourth-order valence-corrected chi connectivity index (χ4v) is 2.96. The lowest BCUT2D eigenvalue weighted by atomic mass is 9.87. The molecule has 0 saturated heterocycles. The number of ether oxygens (including phenoxy) is 2. The molecule has 0 aliphatic rings. The quantitative estimate of drug-likeness (QED) is 0.346. The number of hydrogen-bond acceptors (Lipinski definition) is 5. The lowest BCUT2D eigenvalue weighted by Gasteiger charge is -2.19. The zero-order chi connectivity index (χ0) is 22.9. The van der Waals surface area contributed by atoms with E-state index in [0.717, 1.165) is 5.75 Å². The van der Waals surface area contributed by atoms with Crippen molar-refractivity contribution in [1.82, 2.24) is 5.32 Å². The molecular weight excluding hydrogens is 412 g/mol. The highest BCUT2D eigenvalue weighted by molar-refractivity contribution is 7.80. The van der Waals surface area contributed by atoms with Crippen LogP contribution in [0.25, 0.3) is 0 Å². The van der Waals surface area contributed by atoms with E-state index < -0.39 is 0 Å². The van der Waals surface area contributed by atoms with Gasteiger partial charge in [0.25, 0.3) is 0 Å². The molecule has 6 nitrogen and oxygen atoms in total. The summed E-state index contributed by atoms with van der Waals surface area (Å²) < 4.78 is 10.6. The van der Waals surface area contributed by atoms with Crippen LogP contribution in [0.2, 0.25) is 0 Å². The maximum absolute atomic E-state index is 12.1. The Morgan fingerprint density at radius 1 is 1.00 bits per heavy atom. The first-order valence-electron chi connectivity index (χ1n) is 10.3. The van der Waals surface area contributed by atoms with Crippen LogP contribution >= 0.6 is 12.2 Å². The summed E-state index contributed by atoms with van der Waals surface area (Å²) in [4.78, 5) is 23.7. The number of hydrogen-bond donors (Lipinski definition) is 2. The molecule has 0 aliphatic carbocycles. The number of amides is 1. The fraction of sp³-hybridized carbons (Fsp3) is 0.375. The molecule has 0 aliphatic heterocycles. The number of thiocarbonyl (C=S) groups is 1. The molecule has 0 aromatic heterocycles. The molecule has 0 unspecified atom stereocenters. The Balaban J connectivity index is 1.69. The highest BCUT2D eigenvalue weighted by atomic mass is 32.1. The third kappa shape index (κ3) is 8.38. The molecule has 2 aromatic rings. The molecule has 2 N–H and O–H groups in total. The van der Waals surface area contributed by atoms with Gasteiger partial charge < -0.3 is 20.1 Å². The summed E-state index contributed by atoms with van der Waals surface area (Å²) in [5.41, 5.74) is 2.47. The first-order chi connectivity index (χ1) is 14.7. The van der Waals surface area contributed by atoms with Crippen LogP contribution in [0.15, 0.2) is 48.5 Å². The van der Waals surface area contributed by atoms with Gasteiger partial charge >= 0.3 is 5.97 Å². The van der Waals surface area contributed by atoms with E-state index in [4.69, 9.17) is 21.7 Å². The standard InChI is InChI=1S/C24H30N2O4S/c1-5-29-22(28)17-8-12-19(13-9-17)25-23(31)26-21(27)7-6-16-30-20-14-10-18(11-15-20)24(2,3)4/h8-15H,5-7,16H2,1-4H3,(H2,25,26,27,31). The maximum Gasteiger partial charge on any atom is 0.338 e. The van der Waals surface area contributed by atoms with Crippen LogP contribution in [0, 0.1) is 0 Å². The molecule has 0 heterocycles. The molecule has 31 heavy (non-hydrogen) atoms. The van der Waals surface area contributed by atoms with Crippen LogP contribution in [-0.4, -0.2) is 30.2 Å². The van der Waals surface area contributed by atoms with Crippen molar-refractivity contribution in [3.05, 3.63) is 59.7 Å². The number of rotatable bonds is 8. The molecule has 1 amide bonds. The summed E-state index contributed by atoms with van der Waals surface area (Å²) >= 11 is 5.17. The summed E-state index contributed by atoms with van der Waals surface area (Å²) in [5, 5.41) is 5.77. The Labute approximate surface area is 189 Å². The van der Waals surface area contributed by atoms with Crippen LogP contribution in [0.3, 0.4) is 0 Å². The number of carbonyl (C=O) groups excluding carboxylic acids is 2. The minimum atomic E-state index is -0.378. The molecule has 0 spiro atoms. The van der Waals surface area contributed by atoms with E-state index in [1.165, 1.54) is 5.56 Å². The second kappa shape index (κ2) is 11.5. The molecule has 0 fully saturated rings. The topological polar surface area (TPSA) is 76.7 Å². The molecule has 2 aromatic carbocycles. The van der Waals surface area contributed by atoms with Gasteiger partial charge in [-0.2, -0.15) is 0 Å². The Morgan fingerprint density at radius 2 is 1.65 bits per heavy atom. The predicted octanol–water partition coefficient (Wildman–Crippen LogP) is 4.83. The van der Waals surface area contributed by atoms with E-state index in [9.17, 15) is 9.59 Å². The van der Waals surface area contributed by atoms with E-state index in [-0.39, 0.29) is 22.4 Å². The molecule has 0 atom stereocenters. The number of esters is 1. The summed E-state index contributed by atoms with van der Waals surface area (Å²) in [6, 6.07) is 14.7. The van der Waals surface area contributed by atoms with E-state index in [1.54, 1.807) is 31.2 Å². The van der Waals surface area contributed by atoms with Gasteiger partial charge in [-0.1, -0.05) is 32.9 Å². The molecule has 166 valence electrons. The Bertz CT molecular complexity index is 887. The highest BCUT2D eigenvalue weighted by Crippen LogP contribution is 2.24. The predicted molar refractivity (Wildman–Crippen MR) is 127 cm³/mol.